The molecule has 1 rings (SSSR count). The third kappa shape index (κ3) is 5.55. The summed E-state index contributed by atoms with van der Waals surface area (Å²) in [6, 6.07) is 9.15. The maximum Gasteiger partial charge on any atom is 0.293 e. The quantitative estimate of drug-likeness (QED) is 0.643. The lowest BCUT2D eigenvalue weighted by Crippen LogP contribution is -2.33. The van der Waals surface area contributed by atoms with Crippen molar-refractivity contribution < 1.29 is 19.1 Å². The molecule has 92 valence electrons. The summed E-state index contributed by atoms with van der Waals surface area (Å²) in [6.45, 7) is 0.954. The number of hydrogen-bond acceptors (Lipinski definition) is 4. The minimum Gasteiger partial charge on any atom is -0.494 e. The highest BCUT2D eigenvalue weighted by Gasteiger charge is 2.07. The lowest BCUT2D eigenvalue weighted by Gasteiger charge is -2.15. The monoisotopic (exact) mass is 237 g/mol. The molecule has 1 amide bonds. The number of carbonyl (C=O) groups excluding carboxylic acids is 2. The zero-order valence-corrected chi connectivity index (χ0v) is 9.37. The summed E-state index contributed by atoms with van der Waals surface area (Å²) in [6.07, 6.45) is 1.16. The van der Waals surface area contributed by atoms with Crippen molar-refractivity contribution in [3.05, 3.63) is 30.3 Å². The van der Waals surface area contributed by atoms with Crippen molar-refractivity contribution in [3.8, 4) is 5.75 Å². The average molecular weight is 237 g/mol. The predicted molar refractivity (Wildman–Crippen MR) is 61.6 cm³/mol. The van der Waals surface area contributed by atoms with Crippen LogP contribution in [-0.4, -0.2) is 32.1 Å². The van der Waals surface area contributed by atoms with E-state index in [0.29, 0.717) is 25.9 Å². The smallest absolute Gasteiger partial charge is 0.293 e. The first-order chi connectivity index (χ1) is 8.36. The molecule has 0 saturated carbocycles. The summed E-state index contributed by atoms with van der Waals surface area (Å²) in [5.74, 6) is 0.772. The van der Waals surface area contributed by atoms with Crippen LogP contribution in [0, 0.1) is 0 Å². The molecule has 0 aromatic heterocycles. The zero-order valence-electron chi connectivity index (χ0n) is 9.37. The van der Waals surface area contributed by atoms with Crippen LogP contribution in [0.15, 0.2) is 30.3 Å². The SMILES string of the molecule is O=CNC(CCOc1ccccc1)COC=O. The molecule has 1 aromatic carbocycles. The van der Waals surface area contributed by atoms with E-state index in [1.165, 1.54) is 0 Å². The van der Waals surface area contributed by atoms with Crippen LogP contribution in [0.3, 0.4) is 0 Å². The summed E-state index contributed by atoms with van der Waals surface area (Å²) < 4.78 is 10.1. The van der Waals surface area contributed by atoms with E-state index in [0.717, 1.165) is 5.75 Å². The first-order valence-corrected chi connectivity index (χ1v) is 5.29. The maximum atomic E-state index is 10.3. The van der Waals surface area contributed by atoms with E-state index in [2.05, 4.69) is 10.1 Å². The second-order valence-corrected chi connectivity index (χ2v) is 3.36. The molecule has 0 spiro atoms. The number of carbonyl (C=O) groups is 2. The fraction of sp³-hybridized carbons (Fsp3) is 0.333. The molecule has 5 heteroatoms. The second-order valence-electron chi connectivity index (χ2n) is 3.36. The van der Waals surface area contributed by atoms with Crippen molar-refractivity contribution in [2.45, 2.75) is 12.5 Å². The Morgan fingerprint density at radius 2 is 2.00 bits per heavy atom. The lowest BCUT2D eigenvalue weighted by molar-refractivity contribution is -0.130. The van der Waals surface area contributed by atoms with Gasteiger partial charge in [0.2, 0.25) is 6.41 Å². The van der Waals surface area contributed by atoms with E-state index >= 15 is 0 Å². The van der Waals surface area contributed by atoms with Crippen LogP contribution in [0.25, 0.3) is 0 Å². The number of rotatable bonds is 9. The molecule has 0 fully saturated rings. The zero-order chi connectivity index (χ0) is 12.3. The summed E-state index contributed by atoms with van der Waals surface area (Å²) in [4.78, 5) is 20.4. The van der Waals surface area contributed by atoms with Crippen LogP contribution < -0.4 is 10.1 Å². The van der Waals surface area contributed by atoms with Crippen LogP contribution in [0.1, 0.15) is 6.42 Å². The van der Waals surface area contributed by atoms with Gasteiger partial charge in [-0.15, -0.1) is 0 Å². The lowest BCUT2D eigenvalue weighted by atomic mass is 10.2. The molecule has 1 unspecified atom stereocenters. The molecule has 5 nitrogen and oxygen atoms in total. The van der Waals surface area contributed by atoms with Gasteiger partial charge in [-0.25, -0.2) is 0 Å². The van der Waals surface area contributed by atoms with E-state index in [-0.39, 0.29) is 12.6 Å². The van der Waals surface area contributed by atoms with E-state index in [4.69, 9.17) is 4.74 Å². The fourth-order valence-electron chi connectivity index (χ4n) is 1.30. The van der Waals surface area contributed by atoms with Gasteiger partial charge < -0.3 is 14.8 Å². The minimum atomic E-state index is -0.221. The van der Waals surface area contributed by atoms with Gasteiger partial charge in [0.15, 0.2) is 0 Å². The normalized spacial score (nSPS) is 11.3. The largest absolute Gasteiger partial charge is 0.494 e. The Morgan fingerprint density at radius 3 is 2.65 bits per heavy atom. The van der Waals surface area contributed by atoms with Gasteiger partial charge in [0.05, 0.1) is 12.6 Å². The van der Waals surface area contributed by atoms with Crippen molar-refractivity contribution in [2.24, 2.45) is 0 Å². The van der Waals surface area contributed by atoms with Crippen LogP contribution in [0.4, 0.5) is 0 Å². The minimum absolute atomic E-state index is 0.153. The van der Waals surface area contributed by atoms with Gasteiger partial charge in [0.25, 0.3) is 6.47 Å². The first kappa shape index (κ1) is 13.0. The highest BCUT2D eigenvalue weighted by molar-refractivity contribution is 5.46. The Kier molecular flexibility index (Phi) is 6.25. The van der Waals surface area contributed by atoms with Crippen molar-refractivity contribution in [3.63, 3.8) is 0 Å². The van der Waals surface area contributed by atoms with Crippen molar-refractivity contribution >= 4 is 12.9 Å². The summed E-state index contributed by atoms with van der Waals surface area (Å²) in [5.41, 5.74) is 0. The molecule has 1 atom stereocenters. The Labute approximate surface area is 99.7 Å². The highest BCUT2D eigenvalue weighted by Crippen LogP contribution is 2.08. The van der Waals surface area contributed by atoms with E-state index < -0.39 is 0 Å². The van der Waals surface area contributed by atoms with Gasteiger partial charge >= 0.3 is 0 Å². The highest BCUT2D eigenvalue weighted by atomic mass is 16.5. The van der Waals surface area contributed by atoms with Gasteiger partial charge in [0, 0.05) is 6.42 Å². The predicted octanol–water partition coefficient (Wildman–Crippen LogP) is 0.743. The van der Waals surface area contributed by atoms with E-state index in [1.807, 2.05) is 30.3 Å². The Hall–Kier alpha value is -2.04. The third-order valence-corrected chi connectivity index (χ3v) is 2.15. The molecule has 0 aliphatic rings. The number of hydrogen-bond donors (Lipinski definition) is 1. The van der Waals surface area contributed by atoms with Crippen molar-refractivity contribution in [2.75, 3.05) is 13.2 Å². The van der Waals surface area contributed by atoms with Gasteiger partial charge in [-0.2, -0.15) is 0 Å². The Bertz CT molecular complexity index is 329. The number of amides is 1. The van der Waals surface area contributed by atoms with E-state index in [9.17, 15) is 9.59 Å². The second kappa shape index (κ2) is 8.15. The van der Waals surface area contributed by atoms with Gasteiger partial charge in [-0.05, 0) is 12.1 Å². The Balaban J connectivity index is 2.26. The molecule has 0 heterocycles. The topological polar surface area (TPSA) is 64.6 Å². The summed E-state index contributed by atoms with van der Waals surface area (Å²) in [5, 5.41) is 2.56. The molecule has 0 bridgehead atoms. The summed E-state index contributed by atoms with van der Waals surface area (Å²) in [7, 11) is 0. The number of ether oxygens (including phenoxy) is 2. The average Bonchev–Trinajstić information content (AvgIpc) is 2.37. The number of nitrogens with one attached hydrogen (secondary N) is 1. The first-order valence-electron chi connectivity index (χ1n) is 5.29. The van der Waals surface area contributed by atoms with E-state index in [1.54, 1.807) is 0 Å². The molecule has 0 radical (unpaired) electrons. The van der Waals surface area contributed by atoms with Gasteiger partial charge in [0.1, 0.15) is 12.4 Å². The molecule has 17 heavy (non-hydrogen) atoms. The molecular formula is C12H15NO4. The summed E-state index contributed by atoms with van der Waals surface area (Å²) >= 11 is 0. The third-order valence-electron chi connectivity index (χ3n) is 2.15. The molecule has 1 aromatic rings. The standard InChI is InChI=1S/C12H15NO4/c14-9-13-11(8-16-10-15)6-7-17-12-4-2-1-3-5-12/h1-5,9-11H,6-8H2,(H,13,14). The number of para-hydroxylation sites is 1. The molecular weight excluding hydrogens is 222 g/mol. The van der Waals surface area contributed by atoms with Crippen LogP contribution in [0.5, 0.6) is 5.75 Å². The molecule has 0 aliphatic carbocycles. The van der Waals surface area contributed by atoms with Gasteiger partial charge in [-0.1, -0.05) is 18.2 Å². The van der Waals surface area contributed by atoms with Crippen LogP contribution in [0.2, 0.25) is 0 Å². The molecule has 0 saturated heterocycles. The Morgan fingerprint density at radius 1 is 1.24 bits per heavy atom. The molecule has 0 aliphatic heterocycles. The van der Waals surface area contributed by atoms with Crippen LogP contribution >= 0.6 is 0 Å². The molecule has 1 N–H and O–H groups in total. The van der Waals surface area contributed by atoms with Gasteiger partial charge in [-0.3, -0.25) is 9.59 Å². The van der Waals surface area contributed by atoms with Crippen molar-refractivity contribution in [1.29, 1.82) is 0 Å². The maximum absolute atomic E-state index is 10.3. The van der Waals surface area contributed by atoms with Crippen molar-refractivity contribution in [1.82, 2.24) is 5.32 Å². The number of benzene rings is 1. The fourth-order valence-corrected chi connectivity index (χ4v) is 1.30. The van der Waals surface area contributed by atoms with Crippen LogP contribution in [-0.2, 0) is 14.3 Å².